The average molecular weight is 187 g/mol. The van der Waals surface area contributed by atoms with Crippen LogP contribution in [0.25, 0.3) is 0 Å². The van der Waals surface area contributed by atoms with Crippen LogP contribution in [0.15, 0.2) is 25.5 Å². The number of nitrogens with zero attached hydrogens (tertiary/aromatic N) is 1. The predicted octanol–water partition coefficient (Wildman–Crippen LogP) is 0.965. The Kier molecular flexibility index (Phi) is 11.7. The first-order chi connectivity index (χ1) is 6.04. The van der Waals surface area contributed by atoms with Gasteiger partial charge in [-0.1, -0.05) is 13.2 Å². The third-order valence-corrected chi connectivity index (χ3v) is 0.949. The number of carboxylic acid groups (broad SMARTS) is 1. The standard InChI is InChI=1S/C6H13NO.C3H4O2/c1-4-8-6-5-7(2)3;1-2-3(4)5/h4H,1,5-6H2,2-3H3;2H,1H2,(H,4,5). The van der Waals surface area contributed by atoms with Crippen molar-refractivity contribution in [3.05, 3.63) is 25.5 Å². The summed E-state index contributed by atoms with van der Waals surface area (Å²) in [6.45, 7) is 8.06. The first-order valence-corrected chi connectivity index (χ1v) is 3.77. The van der Waals surface area contributed by atoms with Gasteiger partial charge in [-0.05, 0) is 14.1 Å². The van der Waals surface area contributed by atoms with Gasteiger partial charge in [0.05, 0.1) is 12.9 Å². The highest BCUT2D eigenvalue weighted by atomic mass is 16.5. The largest absolute Gasteiger partial charge is 0.500 e. The Bertz CT molecular complexity index is 155. The van der Waals surface area contributed by atoms with Crippen molar-refractivity contribution in [3.8, 4) is 0 Å². The molecule has 0 aliphatic rings. The van der Waals surface area contributed by atoms with Crippen LogP contribution in [0.1, 0.15) is 0 Å². The lowest BCUT2D eigenvalue weighted by molar-refractivity contribution is -0.131. The van der Waals surface area contributed by atoms with E-state index in [4.69, 9.17) is 9.84 Å². The Labute approximate surface area is 79.1 Å². The zero-order chi connectivity index (χ0) is 10.7. The van der Waals surface area contributed by atoms with Crippen molar-refractivity contribution < 1.29 is 14.6 Å². The number of hydrogen-bond donors (Lipinski definition) is 1. The number of likely N-dealkylation sites (N-methyl/N-ethyl adjacent to an activating group) is 1. The molecule has 4 heteroatoms. The van der Waals surface area contributed by atoms with Crippen molar-refractivity contribution in [1.29, 1.82) is 0 Å². The monoisotopic (exact) mass is 187 g/mol. The summed E-state index contributed by atoms with van der Waals surface area (Å²) in [6, 6.07) is 0. The fraction of sp³-hybridized carbons (Fsp3) is 0.444. The summed E-state index contributed by atoms with van der Waals surface area (Å²) in [4.78, 5) is 11.3. The summed E-state index contributed by atoms with van der Waals surface area (Å²) in [5.41, 5.74) is 0. The summed E-state index contributed by atoms with van der Waals surface area (Å²) in [5, 5.41) is 7.60. The molecule has 0 aromatic rings. The second-order valence-electron chi connectivity index (χ2n) is 2.38. The molecule has 0 bridgehead atoms. The third kappa shape index (κ3) is 24.9. The zero-order valence-electron chi connectivity index (χ0n) is 8.19. The van der Waals surface area contributed by atoms with Crippen LogP contribution in [-0.4, -0.2) is 43.2 Å². The van der Waals surface area contributed by atoms with Gasteiger partial charge in [0.25, 0.3) is 0 Å². The molecule has 76 valence electrons. The van der Waals surface area contributed by atoms with Crippen molar-refractivity contribution in [1.82, 2.24) is 4.90 Å². The maximum atomic E-state index is 9.25. The molecule has 0 aromatic carbocycles. The Balaban J connectivity index is 0. The lowest BCUT2D eigenvalue weighted by atomic mass is 10.6. The van der Waals surface area contributed by atoms with Gasteiger partial charge in [0.15, 0.2) is 0 Å². The minimum atomic E-state index is -0.981. The molecule has 1 N–H and O–H groups in total. The Morgan fingerprint density at radius 3 is 2.23 bits per heavy atom. The number of hydrogen-bond acceptors (Lipinski definition) is 3. The van der Waals surface area contributed by atoms with Crippen LogP contribution in [0.3, 0.4) is 0 Å². The molecule has 0 fully saturated rings. The molecule has 4 nitrogen and oxygen atoms in total. The molecule has 0 aromatic heterocycles. The van der Waals surface area contributed by atoms with Crippen LogP contribution in [0.5, 0.6) is 0 Å². The smallest absolute Gasteiger partial charge is 0.327 e. The Morgan fingerprint density at radius 2 is 2.00 bits per heavy atom. The van der Waals surface area contributed by atoms with E-state index in [1.807, 2.05) is 14.1 Å². The van der Waals surface area contributed by atoms with E-state index in [-0.39, 0.29) is 0 Å². The SMILES string of the molecule is C=CC(=O)O.C=COCCN(C)C. The van der Waals surface area contributed by atoms with Gasteiger partial charge in [0.2, 0.25) is 0 Å². The van der Waals surface area contributed by atoms with Crippen molar-refractivity contribution in [3.63, 3.8) is 0 Å². The van der Waals surface area contributed by atoms with E-state index < -0.39 is 5.97 Å². The van der Waals surface area contributed by atoms with E-state index in [1.54, 1.807) is 0 Å². The van der Waals surface area contributed by atoms with Crippen LogP contribution >= 0.6 is 0 Å². The second kappa shape index (κ2) is 10.7. The average Bonchev–Trinajstić information content (AvgIpc) is 2.05. The third-order valence-electron chi connectivity index (χ3n) is 0.949. The molecule has 0 unspecified atom stereocenters. The molecule has 13 heavy (non-hydrogen) atoms. The van der Waals surface area contributed by atoms with Crippen molar-refractivity contribution in [2.45, 2.75) is 0 Å². The molecule has 0 aliphatic carbocycles. The van der Waals surface area contributed by atoms with E-state index in [0.717, 1.165) is 19.2 Å². The minimum Gasteiger partial charge on any atom is -0.500 e. The van der Waals surface area contributed by atoms with Gasteiger partial charge in [0.1, 0.15) is 0 Å². The number of carboxylic acids is 1. The highest BCUT2D eigenvalue weighted by molar-refractivity contribution is 5.78. The van der Waals surface area contributed by atoms with Crippen molar-refractivity contribution in [2.75, 3.05) is 27.2 Å². The number of ether oxygens (including phenoxy) is 1. The number of carbonyl (C=O) groups is 1. The normalized spacial score (nSPS) is 8.23. The molecule has 0 saturated carbocycles. The lowest BCUT2D eigenvalue weighted by Crippen LogP contribution is -2.16. The van der Waals surface area contributed by atoms with Crippen LogP contribution < -0.4 is 0 Å². The molecule has 0 aliphatic heterocycles. The van der Waals surface area contributed by atoms with E-state index in [1.165, 1.54) is 6.26 Å². The van der Waals surface area contributed by atoms with Gasteiger partial charge in [-0.25, -0.2) is 4.79 Å². The maximum Gasteiger partial charge on any atom is 0.327 e. The van der Waals surface area contributed by atoms with Gasteiger partial charge >= 0.3 is 5.97 Å². The van der Waals surface area contributed by atoms with Gasteiger partial charge in [0, 0.05) is 12.6 Å². The topological polar surface area (TPSA) is 49.8 Å². The molecular weight excluding hydrogens is 170 g/mol. The fourth-order valence-corrected chi connectivity index (χ4v) is 0.319. The minimum absolute atomic E-state index is 0.733. The summed E-state index contributed by atoms with van der Waals surface area (Å²) in [6.07, 6.45) is 2.30. The summed E-state index contributed by atoms with van der Waals surface area (Å²) >= 11 is 0. The first-order valence-electron chi connectivity index (χ1n) is 3.77. The molecule has 0 atom stereocenters. The zero-order valence-corrected chi connectivity index (χ0v) is 8.19. The van der Waals surface area contributed by atoms with E-state index in [9.17, 15) is 4.79 Å². The van der Waals surface area contributed by atoms with Gasteiger partial charge in [-0.3, -0.25) is 0 Å². The van der Waals surface area contributed by atoms with E-state index in [0.29, 0.717) is 0 Å². The summed E-state index contributed by atoms with van der Waals surface area (Å²) in [5.74, 6) is -0.981. The van der Waals surface area contributed by atoms with E-state index >= 15 is 0 Å². The quantitative estimate of drug-likeness (QED) is 0.396. The van der Waals surface area contributed by atoms with E-state index in [2.05, 4.69) is 18.1 Å². The highest BCUT2D eigenvalue weighted by Gasteiger charge is 1.84. The highest BCUT2D eigenvalue weighted by Crippen LogP contribution is 1.76. The molecule has 0 amide bonds. The maximum absolute atomic E-state index is 9.25. The molecule has 0 radical (unpaired) electrons. The molecule has 0 saturated heterocycles. The lowest BCUT2D eigenvalue weighted by Gasteiger charge is -2.07. The second-order valence-corrected chi connectivity index (χ2v) is 2.38. The number of aliphatic carboxylic acids is 1. The predicted molar refractivity (Wildman–Crippen MR) is 52.5 cm³/mol. The van der Waals surface area contributed by atoms with Crippen LogP contribution in [-0.2, 0) is 9.53 Å². The Morgan fingerprint density at radius 1 is 1.54 bits per heavy atom. The summed E-state index contributed by atoms with van der Waals surface area (Å²) in [7, 11) is 4.01. The van der Waals surface area contributed by atoms with Gasteiger partial charge in [-0.2, -0.15) is 0 Å². The Hall–Kier alpha value is -1.29. The first kappa shape index (κ1) is 14.2. The summed E-state index contributed by atoms with van der Waals surface area (Å²) < 4.78 is 4.87. The molecule has 0 heterocycles. The van der Waals surface area contributed by atoms with Gasteiger partial charge in [-0.15, -0.1) is 0 Å². The fourth-order valence-electron chi connectivity index (χ4n) is 0.319. The van der Waals surface area contributed by atoms with Gasteiger partial charge < -0.3 is 14.7 Å². The molecule has 0 rings (SSSR count). The number of rotatable bonds is 5. The van der Waals surface area contributed by atoms with Crippen LogP contribution in [0, 0.1) is 0 Å². The van der Waals surface area contributed by atoms with Crippen molar-refractivity contribution >= 4 is 5.97 Å². The van der Waals surface area contributed by atoms with Crippen LogP contribution in [0.4, 0.5) is 0 Å². The van der Waals surface area contributed by atoms with Crippen LogP contribution in [0.2, 0.25) is 0 Å². The molecule has 0 spiro atoms. The van der Waals surface area contributed by atoms with Crippen molar-refractivity contribution in [2.24, 2.45) is 0 Å². The molecular formula is C9H17NO3.